The fourth-order valence-electron chi connectivity index (χ4n) is 3.06. The van der Waals surface area contributed by atoms with Crippen molar-refractivity contribution >= 4 is 6.03 Å². The molecule has 24 heavy (non-hydrogen) atoms. The fourth-order valence-corrected chi connectivity index (χ4v) is 3.06. The Bertz CT molecular complexity index is 472. The summed E-state index contributed by atoms with van der Waals surface area (Å²) in [4.78, 5) is 17.0. The van der Waals surface area contributed by atoms with Crippen LogP contribution in [0.4, 0.5) is 4.79 Å². The molecule has 0 saturated carbocycles. The number of carbonyl (C=O) groups is 1. The number of nitrogens with one attached hydrogen (secondary N) is 2. The number of carbonyl (C=O) groups excluding carboxylic acids is 1. The summed E-state index contributed by atoms with van der Waals surface area (Å²) >= 11 is 0. The zero-order valence-electron chi connectivity index (χ0n) is 15.1. The third-order valence-electron chi connectivity index (χ3n) is 4.75. The van der Waals surface area contributed by atoms with Crippen molar-refractivity contribution in [3.8, 4) is 0 Å². The molecule has 2 N–H and O–H groups in total. The molecule has 1 fully saturated rings. The maximum absolute atomic E-state index is 11.9. The van der Waals surface area contributed by atoms with Crippen LogP contribution in [0.5, 0.6) is 0 Å². The molecule has 0 spiro atoms. The number of urea groups is 1. The van der Waals surface area contributed by atoms with E-state index >= 15 is 0 Å². The van der Waals surface area contributed by atoms with E-state index in [1.807, 2.05) is 37.3 Å². The molecule has 1 atom stereocenters. The molecule has 5 nitrogen and oxygen atoms in total. The Morgan fingerprint density at radius 3 is 2.42 bits per heavy atom. The number of hydrogen-bond acceptors (Lipinski definition) is 3. The lowest BCUT2D eigenvalue weighted by molar-refractivity contribution is 0.135. The molecule has 1 aliphatic rings. The van der Waals surface area contributed by atoms with Gasteiger partial charge in [0.1, 0.15) is 0 Å². The molecule has 0 bridgehead atoms. The third kappa shape index (κ3) is 6.49. The molecule has 1 saturated heterocycles. The van der Waals surface area contributed by atoms with Crippen molar-refractivity contribution in [2.75, 3.05) is 45.8 Å². The van der Waals surface area contributed by atoms with Crippen molar-refractivity contribution in [3.63, 3.8) is 0 Å². The number of likely N-dealkylation sites (N-methyl/N-ethyl adjacent to an activating group) is 1. The van der Waals surface area contributed by atoms with Crippen LogP contribution in [0.3, 0.4) is 0 Å². The van der Waals surface area contributed by atoms with Gasteiger partial charge in [0.2, 0.25) is 0 Å². The molecule has 1 unspecified atom stereocenters. The molecule has 0 aliphatic carbocycles. The lowest BCUT2D eigenvalue weighted by Crippen LogP contribution is -2.46. The van der Waals surface area contributed by atoms with Gasteiger partial charge in [-0.15, -0.1) is 0 Å². The predicted octanol–water partition coefficient (Wildman–Crippen LogP) is 2.46. The topological polar surface area (TPSA) is 47.6 Å². The van der Waals surface area contributed by atoms with Gasteiger partial charge in [0.25, 0.3) is 0 Å². The number of amides is 2. The minimum Gasteiger partial charge on any atom is -0.338 e. The van der Waals surface area contributed by atoms with Crippen LogP contribution in [0.25, 0.3) is 0 Å². The van der Waals surface area contributed by atoms with Gasteiger partial charge in [-0.05, 0) is 38.4 Å². The summed E-state index contributed by atoms with van der Waals surface area (Å²) in [6.07, 6.45) is 2.17. The Kier molecular flexibility index (Phi) is 8.05. The molecule has 5 heteroatoms. The number of unbranched alkanes of at least 4 members (excludes halogenated alkanes) is 1. The molecule has 0 aromatic heterocycles. The molecule has 1 aromatic rings. The van der Waals surface area contributed by atoms with Gasteiger partial charge >= 0.3 is 6.03 Å². The second-order valence-corrected chi connectivity index (χ2v) is 6.52. The average molecular weight is 332 g/mol. The van der Waals surface area contributed by atoms with Crippen LogP contribution < -0.4 is 10.6 Å². The highest BCUT2D eigenvalue weighted by atomic mass is 16.2. The molecule has 1 aliphatic heterocycles. The quantitative estimate of drug-likeness (QED) is 0.719. The lowest BCUT2D eigenvalue weighted by Gasteiger charge is -2.33. The summed E-state index contributed by atoms with van der Waals surface area (Å²) in [7, 11) is 0. The Hall–Kier alpha value is -1.59. The molecular formula is C19H32N4O. The number of nitrogens with zero attached hydrogens (tertiary/aromatic N) is 2. The van der Waals surface area contributed by atoms with Gasteiger partial charge in [0.05, 0.1) is 6.04 Å². The first-order chi connectivity index (χ1) is 11.7. The summed E-state index contributed by atoms with van der Waals surface area (Å²) < 4.78 is 0. The highest BCUT2D eigenvalue weighted by Crippen LogP contribution is 2.10. The maximum atomic E-state index is 11.9. The molecule has 2 rings (SSSR count). The first-order valence-electron chi connectivity index (χ1n) is 9.23. The van der Waals surface area contributed by atoms with E-state index in [0.29, 0.717) is 0 Å². The van der Waals surface area contributed by atoms with Gasteiger partial charge in [0.15, 0.2) is 0 Å². The first kappa shape index (κ1) is 18.7. The van der Waals surface area contributed by atoms with Gasteiger partial charge in [-0.3, -0.25) is 0 Å². The number of rotatable bonds is 8. The van der Waals surface area contributed by atoms with Gasteiger partial charge < -0.3 is 20.4 Å². The minimum atomic E-state index is -0.0806. The first-order valence-corrected chi connectivity index (χ1v) is 9.23. The summed E-state index contributed by atoms with van der Waals surface area (Å²) in [6.45, 7) is 12.0. The Labute approximate surface area is 146 Å². The van der Waals surface area contributed by atoms with Crippen molar-refractivity contribution in [1.29, 1.82) is 0 Å². The zero-order valence-corrected chi connectivity index (χ0v) is 15.1. The van der Waals surface area contributed by atoms with E-state index in [1.54, 1.807) is 0 Å². The van der Waals surface area contributed by atoms with Gasteiger partial charge in [-0.2, -0.15) is 0 Å². The smallest absolute Gasteiger partial charge is 0.315 e. The summed E-state index contributed by atoms with van der Waals surface area (Å²) in [6, 6.07) is 9.98. The molecule has 0 radical (unpaired) electrons. The maximum Gasteiger partial charge on any atom is 0.315 e. The Morgan fingerprint density at radius 1 is 1.08 bits per heavy atom. The van der Waals surface area contributed by atoms with Crippen LogP contribution in [0.15, 0.2) is 30.3 Å². The second kappa shape index (κ2) is 10.3. The van der Waals surface area contributed by atoms with Gasteiger partial charge in [-0.25, -0.2) is 4.79 Å². The van der Waals surface area contributed by atoms with E-state index in [0.717, 1.165) is 38.0 Å². The largest absolute Gasteiger partial charge is 0.338 e. The Morgan fingerprint density at radius 2 is 1.75 bits per heavy atom. The minimum absolute atomic E-state index is 0.0288. The van der Waals surface area contributed by atoms with Crippen LogP contribution in [-0.4, -0.2) is 61.6 Å². The molecule has 1 heterocycles. The molecule has 2 amide bonds. The zero-order chi connectivity index (χ0) is 17.2. The lowest BCUT2D eigenvalue weighted by atomic mass is 10.1. The van der Waals surface area contributed by atoms with Crippen LogP contribution in [0, 0.1) is 0 Å². The van der Waals surface area contributed by atoms with E-state index in [-0.39, 0.29) is 12.1 Å². The van der Waals surface area contributed by atoms with E-state index in [2.05, 4.69) is 27.4 Å². The van der Waals surface area contributed by atoms with Gasteiger partial charge in [0, 0.05) is 32.7 Å². The Balaban J connectivity index is 1.52. The SMILES string of the molecule is CCN1CCN(CCCCNC(=O)NC(C)c2ccccc2)CC1. The van der Waals surface area contributed by atoms with E-state index < -0.39 is 0 Å². The average Bonchev–Trinajstić information content (AvgIpc) is 2.62. The van der Waals surface area contributed by atoms with Crippen LogP contribution in [0.2, 0.25) is 0 Å². The highest BCUT2D eigenvalue weighted by Gasteiger charge is 2.14. The number of hydrogen-bond donors (Lipinski definition) is 2. The molecular weight excluding hydrogens is 300 g/mol. The normalized spacial score (nSPS) is 17.4. The van der Waals surface area contributed by atoms with Gasteiger partial charge in [-0.1, -0.05) is 37.3 Å². The van der Waals surface area contributed by atoms with Crippen molar-refractivity contribution in [3.05, 3.63) is 35.9 Å². The number of piperazine rings is 1. The van der Waals surface area contributed by atoms with Crippen LogP contribution in [0.1, 0.15) is 38.3 Å². The van der Waals surface area contributed by atoms with Crippen molar-refractivity contribution in [1.82, 2.24) is 20.4 Å². The van der Waals surface area contributed by atoms with Crippen molar-refractivity contribution in [2.24, 2.45) is 0 Å². The molecule has 1 aromatic carbocycles. The van der Waals surface area contributed by atoms with Crippen molar-refractivity contribution in [2.45, 2.75) is 32.7 Å². The summed E-state index contributed by atoms with van der Waals surface area (Å²) in [5, 5.41) is 5.94. The van der Waals surface area contributed by atoms with E-state index in [9.17, 15) is 4.79 Å². The third-order valence-corrected chi connectivity index (χ3v) is 4.75. The van der Waals surface area contributed by atoms with E-state index in [4.69, 9.17) is 0 Å². The fraction of sp³-hybridized carbons (Fsp3) is 0.632. The van der Waals surface area contributed by atoms with E-state index in [1.165, 1.54) is 26.2 Å². The van der Waals surface area contributed by atoms with Crippen LogP contribution in [-0.2, 0) is 0 Å². The summed E-state index contributed by atoms with van der Waals surface area (Å²) in [5.74, 6) is 0. The summed E-state index contributed by atoms with van der Waals surface area (Å²) in [5.41, 5.74) is 1.12. The second-order valence-electron chi connectivity index (χ2n) is 6.52. The standard InChI is InChI=1S/C19H32N4O/c1-3-22-13-15-23(16-14-22)12-8-7-11-20-19(24)21-17(2)18-9-5-4-6-10-18/h4-6,9-10,17H,3,7-8,11-16H2,1-2H3,(H2,20,21,24). The highest BCUT2D eigenvalue weighted by molar-refractivity contribution is 5.74. The predicted molar refractivity (Wildman–Crippen MR) is 99.2 cm³/mol. The van der Waals surface area contributed by atoms with Crippen molar-refractivity contribution < 1.29 is 4.79 Å². The van der Waals surface area contributed by atoms with Crippen LogP contribution >= 0.6 is 0 Å². The molecule has 134 valence electrons. The monoisotopic (exact) mass is 332 g/mol. The number of benzene rings is 1.